The lowest BCUT2D eigenvalue weighted by atomic mass is 9.49. The average molecular weight is 732 g/mol. The molecule has 2 aliphatic heterocycles. The number of hydroxylamine groups is 2. The predicted octanol–water partition coefficient (Wildman–Crippen LogP) is 5.15. The van der Waals surface area contributed by atoms with Crippen LogP contribution in [-0.4, -0.2) is 62.2 Å². The minimum absolute atomic E-state index is 0.0604. The molecule has 0 spiro atoms. The van der Waals surface area contributed by atoms with Crippen LogP contribution in [0.15, 0.2) is 72.4 Å². The number of para-hydroxylation sites is 1. The number of alkyl halides is 3. The van der Waals surface area contributed by atoms with Crippen LogP contribution < -0.4 is 10.2 Å². The Balaban J connectivity index is 1.45. The number of imide groups is 2. The summed E-state index contributed by atoms with van der Waals surface area (Å²) in [5.74, 6) is -8.30. The van der Waals surface area contributed by atoms with E-state index in [1.54, 1.807) is 54.6 Å². The lowest BCUT2D eigenvalue weighted by Gasteiger charge is -2.50. The molecule has 3 N–H and O–H groups in total. The van der Waals surface area contributed by atoms with Gasteiger partial charge in [0, 0.05) is 22.7 Å². The van der Waals surface area contributed by atoms with Crippen LogP contribution >= 0.6 is 23.2 Å². The molecule has 2 aromatic carbocycles. The van der Waals surface area contributed by atoms with Crippen molar-refractivity contribution in [1.29, 1.82) is 0 Å². The van der Waals surface area contributed by atoms with Crippen molar-refractivity contribution in [3.05, 3.63) is 99.2 Å². The standard InChI is InChI=1S/C34H27Cl2F3N4O7/c35-18-7-5-16(6-8-18)33-23(30(46)42(32(33)48)41-28-24(36)13-17(15-40-28)34(37,38)39)14-22-19(9-10-21-26(22)31(47)43(49)29(21)45)27(33)20-3-1-2-4-25(20)50-12-11-44/h1-9,13,15,21-23,26-27,44,49H,10-12,14H2,(H,40,41). The number of rotatable bonds is 7. The molecule has 1 saturated carbocycles. The maximum atomic E-state index is 15.2. The van der Waals surface area contributed by atoms with E-state index in [9.17, 15) is 37.9 Å². The number of ether oxygens (including phenoxy) is 1. The molecule has 2 aliphatic carbocycles. The number of halogens is 5. The van der Waals surface area contributed by atoms with Gasteiger partial charge >= 0.3 is 6.18 Å². The third-order valence-corrected chi connectivity index (χ3v) is 10.7. The van der Waals surface area contributed by atoms with Crippen molar-refractivity contribution in [2.24, 2.45) is 23.7 Å². The number of allylic oxidation sites excluding steroid dienone is 2. The Labute approximate surface area is 292 Å². The van der Waals surface area contributed by atoms with E-state index >= 15 is 4.79 Å². The van der Waals surface area contributed by atoms with E-state index in [-0.39, 0.29) is 36.9 Å². The lowest BCUT2D eigenvalue weighted by Crippen LogP contribution is -2.53. The molecule has 260 valence electrons. The summed E-state index contributed by atoms with van der Waals surface area (Å²) in [6, 6.07) is 13.6. The monoisotopic (exact) mass is 730 g/mol. The molecule has 50 heavy (non-hydrogen) atoms. The molecular weight excluding hydrogens is 704 g/mol. The molecule has 6 atom stereocenters. The molecule has 2 saturated heterocycles. The quantitative estimate of drug-likeness (QED) is 0.170. The zero-order valence-corrected chi connectivity index (χ0v) is 27.2. The van der Waals surface area contributed by atoms with E-state index < -0.39 is 81.2 Å². The largest absolute Gasteiger partial charge is 0.491 e. The van der Waals surface area contributed by atoms with Gasteiger partial charge in [-0.25, -0.2) is 4.98 Å². The van der Waals surface area contributed by atoms with Gasteiger partial charge in [0.1, 0.15) is 12.4 Å². The number of carbonyl (C=O) groups excluding carboxylic acids is 4. The Morgan fingerprint density at radius 2 is 1.72 bits per heavy atom. The number of fused-ring (bicyclic) bond motifs is 4. The number of aromatic nitrogens is 1. The highest BCUT2D eigenvalue weighted by Gasteiger charge is 2.70. The number of benzene rings is 2. The normalized spacial score (nSPS) is 27.6. The summed E-state index contributed by atoms with van der Waals surface area (Å²) in [7, 11) is 0. The van der Waals surface area contributed by atoms with Crippen LogP contribution in [0.25, 0.3) is 0 Å². The van der Waals surface area contributed by atoms with Gasteiger partial charge in [-0.15, -0.1) is 0 Å². The van der Waals surface area contributed by atoms with E-state index in [0.29, 0.717) is 39.0 Å². The number of anilines is 1. The fourth-order valence-corrected chi connectivity index (χ4v) is 8.45. The Kier molecular flexibility index (Phi) is 8.41. The van der Waals surface area contributed by atoms with Crippen molar-refractivity contribution in [3.63, 3.8) is 0 Å². The van der Waals surface area contributed by atoms with Gasteiger partial charge in [-0.05, 0) is 48.6 Å². The highest BCUT2D eigenvalue weighted by Crippen LogP contribution is 2.65. The summed E-state index contributed by atoms with van der Waals surface area (Å²) in [6.07, 6.45) is -2.53. The molecule has 6 unspecified atom stereocenters. The van der Waals surface area contributed by atoms with Gasteiger partial charge in [-0.2, -0.15) is 23.2 Å². The van der Waals surface area contributed by atoms with Crippen LogP contribution in [0.1, 0.15) is 35.4 Å². The van der Waals surface area contributed by atoms with E-state index in [0.717, 1.165) is 0 Å². The van der Waals surface area contributed by atoms with Crippen molar-refractivity contribution >= 4 is 52.6 Å². The topological polar surface area (TPSA) is 149 Å². The third-order valence-electron chi connectivity index (χ3n) is 10.1. The van der Waals surface area contributed by atoms with E-state index in [1.165, 1.54) is 0 Å². The van der Waals surface area contributed by atoms with Crippen LogP contribution in [0.4, 0.5) is 19.0 Å². The number of nitrogens with one attached hydrogen (secondary N) is 1. The first kappa shape index (κ1) is 34.0. The molecule has 3 aromatic rings. The number of hydrogen-bond donors (Lipinski definition) is 3. The molecular formula is C34H27Cl2F3N4O7. The summed E-state index contributed by atoms with van der Waals surface area (Å²) in [4.78, 5) is 59.9. The van der Waals surface area contributed by atoms with Crippen LogP contribution in [-0.2, 0) is 30.8 Å². The van der Waals surface area contributed by atoms with Crippen LogP contribution in [0.2, 0.25) is 10.0 Å². The molecule has 3 fully saturated rings. The second-order valence-corrected chi connectivity index (χ2v) is 13.4. The fourth-order valence-electron chi connectivity index (χ4n) is 8.12. The smallest absolute Gasteiger partial charge is 0.417 e. The zero-order valence-electron chi connectivity index (χ0n) is 25.7. The molecule has 11 nitrogen and oxygen atoms in total. The molecule has 3 heterocycles. The van der Waals surface area contributed by atoms with E-state index in [4.69, 9.17) is 27.9 Å². The van der Waals surface area contributed by atoms with Crippen molar-refractivity contribution < 1.29 is 47.4 Å². The summed E-state index contributed by atoms with van der Waals surface area (Å²) < 4.78 is 46.1. The average Bonchev–Trinajstić information content (AvgIpc) is 3.44. The number of aliphatic hydroxyl groups is 1. The number of amides is 4. The lowest BCUT2D eigenvalue weighted by molar-refractivity contribution is -0.173. The van der Waals surface area contributed by atoms with E-state index in [2.05, 4.69) is 10.4 Å². The molecule has 7 rings (SSSR count). The van der Waals surface area contributed by atoms with Crippen molar-refractivity contribution in [2.45, 2.75) is 30.4 Å². The fraction of sp³-hybridized carbons (Fsp3) is 0.324. The Bertz CT molecular complexity index is 1960. The van der Waals surface area contributed by atoms with Crippen molar-refractivity contribution in [2.75, 3.05) is 18.6 Å². The minimum atomic E-state index is -4.76. The van der Waals surface area contributed by atoms with Crippen molar-refractivity contribution in [3.8, 4) is 5.75 Å². The molecule has 4 amide bonds. The second-order valence-electron chi connectivity index (χ2n) is 12.5. The summed E-state index contributed by atoms with van der Waals surface area (Å²) in [5, 5.41) is 20.6. The Hall–Kier alpha value is -4.50. The van der Waals surface area contributed by atoms with Gasteiger partial charge in [0.15, 0.2) is 5.82 Å². The summed E-state index contributed by atoms with van der Waals surface area (Å²) in [5.41, 5.74) is 1.01. The third kappa shape index (κ3) is 5.07. The zero-order chi connectivity index (χ0) is 35.7. The maximum Gasteiger partial charge on any atom is 0.417 e. The number of pyridine rings is 1. The van der Waals surface area contributed by atoms with Gasteiger partial charge in [0.05, 0.1) is 40.4 Å². The first-order chi connectivity index (χ1) is 23.8. The van der Waals surface area contributed by atoms with Crippen LogP contribution in [0, 0.1) is 23.7 Å². The number of carbonyl (C=O) groups is 4. The first-order valence-corrected chi connectivity index (χ1v) is 16.3. The predicted molar refractivity (Wildman–Crippen MR) is 170 cm³/mol. The summed E-state index contributed by atoms with van der Waals surface area (Å²) in [6.45, 7) is -0.447. The SMILES string of the molecule is O=C1C2CC=C3C(CC4C(=O)N(Nc5ncc(C(F)(F)F)cc5Cl)C(=O)C4(c4ccc(Cl)cc4)C3c3ccccc3OCCO)C2C(=O)N1O. The molecule has 1 aromatic heterocycles. The Morgan fingerprint density at radius 3 is 2.40 bits per heavy atom. The molecule has 4 aliphatic rings. The van der Waals surface area contributed by atoms with Crippen LogP contribution in [0.5, 0.6) is 5.75 Å². The van der Waals surface area contributed by atoms with Gasteiger partial charge in [-0.1, -0.05) is 65.2 Å². The molecule has 0 radical (unpaired) electrons. The number of nitrogens with zero attached hydrogens (tertiary/aromatic N) is 3. The van der Waals surface area contributed by atoms with Crippen LogP contribution in [0.3, 0.4) is 0 Å². The van der Waals surface area contributed by atoms with Gasteiger partial charge in [-0.3, -0.25) is 29.8 Å². The number of hydrogen-bond acceptors (Lipinski definition) is 9. The van der Waals surface area contributed by atoms with Gasteiger partial charge in [0.2, 0.25) is 0 Å². The first-order valence-electron chi connectivity index (χ1n) is 15.5. The van der Waals surface area contributed by atoms with E-state index in [1.807, 2.05) is 0 Å². The molecule has 0 bridgehead atoms. The summed E-state index contributed by atoms with van der Waals surface area (Å²) >= 11 is 12.5. The second kappa shape index (κ2) is 12.4. The molecule has 16 heteroatoms. The number of hydrazine groups is 1. The van der Waals surface area contributed by atoms with Gasteiger partial charge < -0.3 is 9.84 Å². The highest BCUT2D eigenvalue weighted by molar-refractivity contribution is 6.33. The van der Waals surface area contributed by atoms with Gasteiger partial charge in [0.25, 0.3) is 23.6 Å². The maximum absolute atomic E-state index is 15.2. The number of aliphatic hydroxyl groups excluding tert-OH is 1. The van der Waals surface area contributed by atoms with Crippen molar-refractivity contribution in [1.82, 2.24) is 15.1 Å². The highest BCUT2D eigenvalue weighted by atomic mass is 35.5. The minimum Gasteiger partial charge on any atom is -0.491 e. The Morgan fingerprint density at radius 1 is 1.00 bits per heavy atom.